The lowest BCUT2D eigenvalue weighted by Crippen LogP contribution is -2.44. The number of anilines is 1. The van der Waals surface area contributed by atoms with E-state index in [9.17, 15) is 4.79 Å². The number of carbonyl (C=O) groups is 1. The molecule has 0 saturated carbocycles. The number of likely N-dealkylation sites (N-methyl/N-ethyl adjacent to an activating group) is 1. The van der Waals surface area contributed by atoms with Gasteiger partial charge < -0.3 is 14.3 Å². The summed E-state index contributed by atoms with van der Waals surface area (Å²) >= 11 is 0. The summed E-state index contributed by atoms with van der Waals surface area (Å²) in [4.78, 5) is 20.2. The van der Waals surface area contributed by atoms with E-state index >= 15 is 0 Å². The Labute approximate surface area is 107 Å². The molecule has 1 aliphatic heterocycles. The van der Waals surface area contributed by atoms with E-state index in [1.165, 1.54) is 0 Å². The fourth-order valence-electron chi connectivity index (χ4n) is 1.81. The molecule has 1 saturated heterocycles. The lowest BCUT2D eigenvalue weighted by molar-refractivity contribution is -0.121. The lowest BCUT2D eigenvalue weighted by atomic mass is 10.1. The van der Waals surface area contributed by atoms with Gasteiger partial charge in [-0.25, -0.2) is 0 Å². The maximum Gasteiger partial charge on any atom is 0.266 e. The van der Waals surface area contributed by atoms with Crippen LogP contribution in [0.3, 0.4) is 0 Å². The summed E-state index contributed by atoms with van der Waals surface area (Å²) in [5.74, 6) is 1.16. The van der Waals surface area contributed by atoms with Crippen LogP contribution in [0, 0.1) is 5.92 Å². The van der Waals surface area contributed by atoms with E-state index in [0.717, 1.165) is 26.2 Å². The largest absolute Gasteiger partial charge is 0.337 e. The Morgan fingerprint density at radius 1 is 1.33 bits per heavy atom. The number of hydrogen-bond donors (Lipinski definition) is 0. The summed E-state index contributed by atoms with van der Waals surface area (Å²) in [6, 6.07) is 0. The van der Waals surface area contributed by atoms with Gasteiger partial charge in [-0.2, -0.15) is 4.98 Å². The van der Waals surface area contributed by atoms with Crippen LogP contribution in [0.2, 0.25) is 0 Å². The molecule has 18 heavy (non-hydrogen) atoms. The third kappa shape index (κ3) is 3.07. The molecule has 0 bridgehead atoms. The minimum absolute atomic E-state index is 0.00369. The molecule has 1 aromatic rings. The molecule has 0 amide bonds. The van der Waals surface area contributed by atoms with Crippen LogP contribution in [0.5, 0.6) is 0 Å². The number of hydrogen-bond acceptors (Lipinski definition) is 6. The van der Waals surface area contributed by atoms with Crippen molar-refractivity contribution in [1.29, 1.82) is 0 Å². The first-order valence-corrected chi connectivity index (χ1v) is 6.35. The second-order valence-corrected chi connectivity index (χ2v) is 5.08. The molecule has 0 N–H and O–H groups in total. The highest BCUT2D eigenvalue weighted by atomic mass is 16.5. The summed E-state index contributed by atoms with van der Waals surface area (Å²) in [7, 11) is 2.10. The first-order chi connectivity index (χ1) is 8.56. The normalized spacial score (nSPS) is 17.4. The molecule has 0 atom stereocenters. The molecule has 0 aromatic carbocycles. The van der Waals surface area contributed by atoms with Crippen molar-refractivity contribution in [2.45, 2.75) is 20.3 Å². The molecule has 1 aromatic heterocycles. The van der Waals surface area contributed by atoms with Gasteiger partial charge in [0.1, 0.15) is 5.78 Å². The summed E-state index contributed by atoms with van der Waals surface area (Å²) in [6.07, 6.45) is 0.235. The highest BCUT2D eigenvalue weighted by molar-refractivity contribution is 5.81. The molecule has 1 fully saturated rings. The first kappa shape index (κ1) is 13.0. The third-order valence-electron chi connectivity index (χ3n) is 3.21. The van der Waals surface area contributed by atoms with E-state index in [0.29, 0.717) is 11.8 Å². The quantitative estimate of drug-likeness (QED) is 0.781. The van der Waals surface area contributed by atoms with E-state index < -0.39 is 0 Å². The minimum Gasteiger partial charge on any atom is -0.337 e. The average molecular weight is 252 g/mol. The van der Waals surface area contributed by atoms with Crippen molar-refractivity contribution >= 4 is 11.7 Å². The smallest absolute Gasteiger partial charge is 0.266 e. The number of rotatable bonds is 4. The first-order valence-electron chi connectivity index (χ1n) is 6.35. The van der Waals surface area contributed by atoms with Crippen molar-refractivity contribution in [2.24, 2.45) is 5.92 Å². The van der Waals surface area contributed by atoms with Crippen molar-refractivity contribution in [3.63, 3.8) is 0 Å². The Hall–Kier alpha value is -1.43. The Morgan fingerprint density at radius 3 is 2.61 bits per heavy atom. The van der Waals surface area contributed by atoms with Crippen LogP contribution in [-0.4, -0.2) is 54.1 Å². The van der Waals surface area contributed by atoms with Crippen LogP contribution >= 0.6 is 0 Å². The Balaban J connectivity index is 1.95. The maximum atomic E-state index is 11.6. The van der Waals surface area contributed by atoms with Crippen LogP contribution in [0.4, 0.5) is 5.95 Å². The Morgan fingerprint density at radius 2 is 2.00 bits per heavy atom. The molecule has 6 nitrogen and oxygen atoms in total. The second kappa shape index (κ2) is 5.48. The van der Waals surface area contributed by atoms with E-state index in [2.05, 4.69) is 27.0 Å². The molecule has 0 unspecified atom stereocenters. The van der Waals surface area contributed by atoms with Gasteiger partial charge in [-0.05, 0) is 12.2 Å². The highest BCUT2D eigenvalue weighted by Crippen LogP contribution is 2.13. The summed E-state index contributed by atoms with van der Waals surface area (Å²) in [5, 5.41) is 3.95. The van der Waals surface area contributed by atoms with Gasteiger partial charge in [0, 0.05) is 32.1 Å². The van der Waals surface area contributed by atoms with Gasteiger partial charge in [0.2, 0.25) is 5.89 Å². The molecule has 6 heteroatoms. The number of nitrogens with zero attached hydrogens (tertiary/aromatic N) is 4. The second-order valence-electron chi connectivity index (χ2n) is 5.08. The predicted molar refractivity (Wildman–Crippen MR) is 67.6 cm³/mol. The number of ketones is 1. The summed E-state index contributed by atoms with van der Waals surface area (Å²) in [6.45, 7) is 7.53. The predicted octanol–water partition coefficient (Wildman–Crippen LogP) is 0.589. The van der Waals surface area contributed by atoms with Crippen molar-refractivity contribution in [1.82, 2.24) is 15.0 Å². The zero-order valence-corrected chi connectivity index (χ0v) is 11.2. The fraction of sp³-hybridized carbons (Fsp3) is 0.750. The molecule has 0 spiro atoms. The van der Waals surface area contributed by atoms with Crippen LogP contribution in [-0.2, 0) is 11.2 Å². The van der Waals surface area contributed by atoms with E-state index in [1.807, 2.05) is 13.8 Å². The summed E-state index contributed by atoms with van der Waals surface area (Å²) < 4.78 is 5.13. The van der Waals surface area contributed by atoms with Gasteiger partial charge in [-0.1, -0.05) is 13.8 Å². The standard InChI is InChI=1S/C12H20N4O2/c1-9(2)10(17)8-11-13-12(14-18-11)16-6-4-15(3)5-7-16/h9H,4-8H2,1-3H3. The molecule has 2 heterocycles. The average Bonchev–Trinajstić information content (AvgIpc) is 2.78. The summed E-state index contributed by atoms with van der Waals surface area (Å²) in [5.41, 5.74) is 0. The van der Waals surface area contributed by atoms with Crippen LogP contribution in [0.25, 0.3) is 0 Å². The monoisotopic (exact) mass is 252 g/mol. The molecular weight excluding hydrogens is 232 g/mol. The number of carbonyl (C=O) groups excluding carboxylic acids is 1. The van der Waals surface area contributed by atoms with E-state index in [4.69, 9.17) is 4.52 Å². The molecule has 0 radical (unpaired) electrons. The number of Topliss-reactive ketones (excluding diaryl/α,β-unsaturated/α-hetero) is 1. The van der Waals surface area contributed by atoms with Crippen molar-refractivity contribution in [2.75, 3.05) is 38.1 Å². The molecule has 2 rings (SSSR count). The SMILES string of the molecule is CC(C)C(=O)Cc1nc(N2CCN(C)CC2)no1. The van der Waals surface area contributed by atoms with Gasteiger partial charge in [-0.15, -0.1) is 0 Å². The van der Waals surface area contributed by atoms with Crippen LogP contribution < -0.4 is 4.90 Å². The fourth-order valence-corrected chi connectivity index (χ4v) is 1.81. The lowest BCUT2D eigenvalue weighted by Gasteiger charge is -2.31. The highest BCUT2D eigenvalue weighted by Gasteiger charge is 2.20. The van der Waals surface area contributed by atoms with E-state index in [-0.39, 0.29) is 18.1 Å². The van der Waals surface area contributed by atoms with Crippen molar-refractivity contribution < 1.29 is 9.32 Å². The zero-order valence-electron chi connectivity index (χ0n) is 11.2. The van der Waals surface area contributed by atoms with Crippen molar-refractivity contribution in [3.8, 4) is 0 Å². The number of aromatic nitrogens is 2. The van der Waals surface area contributed by atoms with Gasteiger partial charge in [0.25, 0.3) is 5.95 Å². The van der Waals surface area contributed by atoms with Crippen LogP contribution in [0.1, 0.15) is 19.7 Å². The molecule has 100 valence electrons. The van der Waals surface area contributed by atoms with Gasteiger partial charge in [0.15, 0.2) is 0 Å². The molecule has 1 aliphatic rings. The Bertz CT molecular complexity index is 408. The zero-order chi connectivity index (χ0) is 13.1. The van der Waals surface area contributed by atoms with E-state index in [1.54, 1.807) is 0 Å². The minimum atomic E-state index is 0.00369. The van der Waals surface area contributed by atoms with Crippen LogP contribution in [0.15, 0.2) is 4.52 Å². The Kier molecular flexibility index (Phi) is 3.96. The number of piperazine rings is 1. The van der Waals surface area contributed by atoms with Gasteiger partial charge in [-0.3, -0.25) is 4.79 Å². The molecular formula is C12H20N4O2. The topological polar surface area (TPSA) is 62.5 Å². The third-order valence-corrected chi connectivity index (χ3v) is 3.21. The van der Waals surface area contributed by atoms with Crippen molar-refractivity contribution in [3.05, 3.63) is 5.89 Å². The maximum absolute atomic E-state index is 11.6. The van der Waals surface area contributed by atoms with Gasteiger partial charge in [0.05, 0.1) is 6.42 Å². The molecule has 0 aliphatic carbocycles. The van der Waals surface area contributed by atoms with Gasteiger partial charge >= 0.3 is 0 Å².